The molecule has 62 valence electrons. The molecule has 0 unspecified atom stereocenters. The van der Waals surface area contributed by atoms with Crippen LogP contribution in [0.5, 0.6) is 0 Å². The molecule has 0 radical (unpaired) electrons. The molecule has 0 N–H and O–H groups in total. The zero-order valence-corrected chi connectivity index (χ0v) is 9.07. The summed E-state index contributed by atoms with van der Waals surface area (Å²) in [7, 11) is 0. The average Bonchev–Trinajstić information content (AvgIpc) is 2.42. The van der Waals surface area contributed by atoms with Gasteiger partial charge in [0, 0.05) is 0 Å². The average molecular weight is 207 g/mol. The highest BCUT2D eigenvalue weighted by atomic mass is 35.7. The molecule has 2 bridgehead atoms. The van der Waals surface area contributed by atoms with Gasteiger partial charge in [-0.2, -0.15) is 0 Å². The quantitative estimate of drug-likeness (QED) is 0.350. The Labute approximate surface area is 78.0 Å². The summed E-state index contributed by atoms with van der Waals surface area (Å²) in [5.41, 5.74) is 0.626. The highest BCUT2D eigenvalue weighted by molar-refractivity contribution is 7.45. The molecule has 0 aromatic heterocycles. The predicted molar refractivity (Wildman–Crippen MR) is 52.4 cm³/mol. The first-order valence-corrected chi connectivity index (χ1v) is 8.73. The van der Waals surface area contributed by atoms with Crippen LogP contribution in [0.15, 0.2) is 12.2 Å². The first-order chi connectivity index (χ1) is 5.07. The van der Waals surface area contributed by atoms with Gasteiger partial charge < -0.3 is 0 Å². The maximum Gasteiger partial charge on any atom is 0.251 e. The first-order valence-electron chi connectivity index (χ1n) is 4.13. The number of halogens is 2. The lowest BCUT2D eigenvalue weighted by atomic mass is 10.1. The van der Waals surface area contributed by atoms with Gasteiger partial charge in [0.05, 0.1) is 0 Å². The van der Waals surface area contributed by atoms with Gasteiger partial charge in [0.2, 0.25) is 0 Å². The fraction of sp³-hybridized carbons (Fsp3) is 0.750. The molecule has 3 atom stereocenters. The second-order valence-electron chi connectivity index (χ2n) is 3.84. The van der Waals surface area contributed by atoms with E-state index >= 15 is 0 Å². The van der Waals surface area contributed by atoms with Crippen LogP contribution in [0.1, 0.15) is 12.8 Å². The fourth-order valence-corrected chi connectivity index (χ4v) is 5.58. The van der Waals surface area contributed by atoms with Gasteiger partial charge in [-0.05, 0) is 36.8 Å². The number of fused-ring (bicyclic) bond motifs is 2. The van der Waals surface area contributed by atoms with Gasteiger partial charge in [-0.25, -0.2) is 0 Å². The van der Waals surface area contributed by atoms with Gasteiger partial charge in [-0.3, -0.25) is 0 Å². The van der Waals surface area contributed by atoms with E-state index in [-0.39, 0.29) is 0 Å². The van der Waals surface area contributed by atoms with Crippen molar-refractivity contribution in [2.75, 3.05) is 0 Å². The molecule has 0 amide bonds. The lowest BCUT2D eigenvalue weighted by Crippen LogP contribution is -2.25. The molecule has 0 saturated heterocycles. The standard InChI is InChI=1S/C8H12Cl2Si/c1-11(9,10)8-5-6-2-3-7(8)4-6/h2-3,6-8H,4-5H2,1H3/t6-,7+,8+/m1/s1. The summed E-state index contributed by atoms with van der Waals surface area (Å²) in [6, 6.07) is 0. The molecule has 0 spiro atoms. The Kier molecular flexibility index (Phi) is 1.86. The molecule has 0 aliphatic heterocycles. The smallest absolute Gasteiger partial charge is 0.146 e. The van der Waals surface area contributed by atoms with Crippen LogP contribution in [0.25, 0.3) is 0 Å². The van der Waals surface area contributed by atoms with Crippen molar-refractivity contribution in [3.05, 3.63) is 12.2 Å². The lowest BCUT2D eigenvalue weighted by molar-refractivity contribution is 0.686. The number of rotatable bonds is 1. The summed E-state index contributed by atoms with van der Waals surface area (Å²) in [4.78, 5) is 0. The second kappa shape index (κ2) is 2.51. The molecule has 2 aliphatic rings. The van der Waals surface area contributed by atoms with E-state index in [4.69, 9.17) is 22.2 Å². The first kappa shape index (κ1) is 8.15. The van der Waals surface area contributed by atoms with E-state index in [1.807, 2.05) is 0 Å². The Morgan fingerprint density at radius 3 is 2.27 bits per heavy atom. The van der Waals surface area contributed by atoms with E-state index in [1.165, 1.54) is 12.8 Å². The molecule has 0 heterocycles. The lowest BCUT2D eigenvalue weighted by Gasteiger charge is -2.25. The molecular formula is C8H12Cl2Si. The van der Waals surface area contributed by atoms with Crippen LogP contribution >= 0.6 is 22.2 Å². The van der Waals surface area contributed by atoms with Crippen LogP contribution < -0.4 is 0 Å². The molecular weight excluding hydrogens is 195 g/mol. The third kappa shape index (κ3) is 1.39. The summed E-state index contributed by atoms with van der Waals surface area (Å²) in [6.07, 6.45) is 7.20. The molecule has 0 nitrogen and oxygen atoms in total. The maximum atomic E-state index is 6.20. The van der Waals surface area contributed by atoms with E-state index in [0.29, 0.717) is 11.5 Å². The zero-order valence-electron chi connectivity index (χ0n) is 6.56. The van der Waals surface area contributed by atoms with E-state index in [0.717, 1.165) is 5.92 Å². The monoisotopic (exact) mass is 206 g/mol. The Hall–Kier alpha value is 0.537. The van der Waals surface area contributed by atoms with Crippen molar-refractivity contribution in [3.8, 4) is 0 Å². The van der Waals surface area contributed by atoms with E-state index in [2.05, 4.69) is 18.7 Å². The molecule has 0 aromatic rings. The van der Waals surface area contributed by atoms with E-state index in [1.54, 1.807) is 0 Å². The van der Waals surface area contributed by atoms with Crippen molar-refractivity contribution >= 4 is 28.9 Å². The topological polar surface area (TPSA) is 0 Å². The molecule has 11 heavy (non-hydrogen) atoms. The highest BCUT2D eigenvalue weighted by Crippen LogP contribution is 2.53. The van der Waals surface area contributed by atoms with E-state index < -0.39 is 6.69 Å². The summed E-state index contributed by atoms with van der Waals surface area (Å²) in [5.74, 6) is 1.51. The molecule has 2 aliphatic carbocycles. The fourth-order valence-electron chi connectivity index (χ4n) is 2.36. The summed E-state index contributed by atoms with van der Waals surface area (Å²) in [5, 5.41) is 0. The van der Waals surface area contributed by atoms with Gasteiger partial charge in [0.25, 0.3) is 6.69 Å². The van der Waals surface area contributed by atoms with E-state index in [9.17, 15) is 0 Å². The predicted octanol–water partition coefficient (Wildman–Crippen LogP) is 3.50. The van der Waals surface area contributed by atoms with Crippen LogP contribution in [0.4, 0.5) is 0 Å². The van der Waals surface area contributed by atoms with Crippen molar-refractivity contribution < 1.29 is 0 Å². The minimum atomic E-state index is -1.88. The van der Waals surface area contributed by atoms with Crippen LogP contribution in [-0.4, -0.2) is 6.69 Å². The second-order valence-corrected chi connectivity index (χ2v) is 11.8. The van der Waals surface area contributed by atoms with Gasteiger partial charge in [0.15, 0.2) is 0 Å². The van der Waals surface area contributed by atoms with Gasteiger partial charge in [0.1, 0.15) is 0 Å². The molecule has 0 aromatic carbocycles. The van der Waals surface area contributed by atoms with Gasteiger partial charge in [-0.15, -0.1) is 22.2 Å². The third-order valence-corrected chi connectivity index (χ3v) is 6.58. The minimum absolute atomic E-state index is 0.626. The van der Waals surface area contributed by atoms with Crippen LogP contribution in [0, 0.1) is 11.8 Å². The summed E-state index contributed by atoms with van der Waals surface area (Å²) in [6.45, 7) is 0.166. The Morgan fingerprint density at radius 2 is 2.00 bits per heavy atom. The molecule has 1 fully saturated rings. The number of hydrogen-bond acceptors (Lipinski definition) is 0. The van der Waals surface area contributed by atoms with Crippen molar-refractivity contribution in [1.82, 2.24) is 0 Å². The van der Waals surface area contributed by atoms with Crippen molar-refractivity contribution in [1.29, 1.82) is 0 Å². The third-order valence-electron chi connectivity index (χ3n) is 2.93. The Bertz CT molecular complexity index is 195. The van der Waals surface area contributed by atoms with Gasteiger partial charge in [-0.1, -0.05) is 12.2 Å². The summed E-state index contributed by atoms with van der Waals surface area (Å²) >= 11 is 12.4. The Morgan fingerprint density at radius 1 is 1.27 bits per heavy atom. The SMILES string of the molecule is C[Si](Cl)(Cl)[C@H]1C[C@@H]2C=C[C@H]1C2. The summed E-state index contributed by atoms with van der Waals surface area (Å²) < 4.78 is 0. The van der Waals surface area contributed by atoms with Gasteiger partial charge >= 0.3 is 0 Å². The maximum absolute atomic E-state index is 6.20. The van der Waals surface area contributed by atoms with Crippen LogP contribution in [-0.2, 0) is 0 Å². The highest BCUT2D eigenvalue weighted by Gasteiger charge is 2.46. The van der Waals surface area contributed by atoms with Crippen molar-refractivity contribution in [2.24, 2.45) is 11.8 Å². The molecule has 2 rings (SSSR count). The largest absolute Gasteiger partial charge is 0.251 e. The zero-order chi connectivity index (χ0) is 8.06. The Balaban J connectivity index is 2.15. The number of hydrogen-bond donors (Lipinski definition) is 0. The molecule has 1 saturated carbocycles. The van der Waals surface area contributed by atoms with Crippen molar-refractivity contribution in [3.63, 3.8) is 0 Å². The van der Waals surface area contributed by atoms with Crippen molar-refractivity contribution in [2.45, 2.75) is 24.9 Å². The van der Waals surface area contributed by atoms with Crippen LogP contribution in [0.2, 0.25) is 12.1 Å². The molecule has 3 heteroatoms. The minimum Gasteiger partial charge on any atom is -0.146 e. The van der Waals surface area contributed by atoms with Crippen LogP contribution in [0.3, 0.4) is 0 Å². The number of allylic oxidation sites excluding steroid dienone is 2. The normalized spacial score (nSPS) is 41.9.